The van der Waals surface area contributed by atoms with Gasteiger partial charge in [0.25, 0.3) is 0 Å². The van der Waals surface area contributed by atoms with E-state index in [0.29, 0.717) is 0 Å². The molecule has 0 radical (unpaired) electrons. The maximum Gasteiger partial charge on any atom is 0.0353 e. The van der Waals surface area contributed by atoms with Gasteiger partial charge in [-0.15, -0.1) is 5.56 Å². The van der Waals surface area contributed by atoms with Crippen molar-refractivity contribution in [3.63, 3.8) is 0 Å². The summed E-state index contributed by atoms with van der Waals surface area (Å²) in [4.78, 5) is 0. The van der Waals surface area contributed by atoms with Crippen LogP contribution in [0, 0.1) is 0 Å². The third-order valence-electron chi connectivity index (χ3n) is 2.78. The summed E-state index contributed by atoms with van der Waals surface area (Å²) in [6.07, 6.45) is 3.05. The summed E-state index contributed by atoms with van der Waals surface area (Å²) in [7, 11) is 0. The van der Waals surface area contributed by atoms with Crippen molar-refractivity contribution in [1.82, 2.24) is 0 Å². The Bertz CT molecular complexity index is 358. The van der Waals surface area contributed by atoms with E-state index in [4.69, 9.17) is 0 Å². The predicted molar refractivity (Wildman–Crippen MR) is 62.0 cm³/mol. The second kappa shape index (κ2) is 6.70. The van der Waals surface area contributed by atoms with Crippen LogP contribution in [0.25, 0.3) is 0 Å². The molecule has 0 saturated carbocycles. The van der Waals surface area contributed by atoms with Gasteiger partial charge in [0.05, 0.1) is 0 Å². The zero-order valence-corrected chi connectivity index (χ0v) is 10.2. The summed E-state index contributed by atoms with van der Waals surface area (Å²) in [5, 5.41) is 9.45. The minimum atomic E-state index is -0.182. The normalized spacial score (nSPS) is 17.7. The molecular formula is C14H16FeO-6. The molecule has 1 atom stereocenters. The average Bonchev–Trinajstić information content (AvgIpc) is 2.93. The van der Waals surface area contributed by atoms with E-state index < -0.39 is 0 Å². The van der Waals surface area contributed by atoms with Crippen LogP contribution in [-0.2, 0) is 23.5 Å². The summed E-state index contributed by atoms with van der Waals surface area (Å²) < 4.78 is 0. The van der Waals surface area contributed by atoms with Gasteiger partial charge >= 0.3 is 0 Å². The van der Waals surface area contributed by atoms with Gasteiger partial charge in [-0.3, -0.25) is 0 Å². The van der Waals surface area contributed by atoms with E-state index in [2.05, 4.69) is 6.07 Å². The largest absolute Gasteiger partial charge is 0.748 e. The monoisotopic (exact) mass is 256 g/mol. The van der Waals surface area contributed by atoms with E-state index in [1.54, 1.807) is 0 Å². The van der Waals surface area contributed by atoms with Gasteiger partial charge in [-0.25, -0.2) is 12.1 Å². The molecule has 16 heavy (non-hydrogen) atoms. The first-order chi connectivity index (χ1) is 7.38. The van der Waals surface area contributed by atoms with E-state index in [1.165, 1.54) is 5.56 Å². The van der Waals surface area contributed by atoms with E-state index in [-0.39, 0.29) is 23.2 Å². The van der Waals surface area contributed by atoms with Crippen LogP contribution in [0.15, 0.2) is 48.5 Å². The van der Waals surface area contributed by atoms with Gasteiger partial charge in [0.15, 0.2) is 0 Å². The molecule has 1 N–H and O–H groups in total. The van der Waals surface area contributed by atoms with Crippen LogP contribution in [0.3, 0.4) is 0 Å². The molecule has 1 nitrogen and oxygen atoms in total. The molecule has 2 heteroatoms. The Morgan fingerprint density at radius 3 is 2.38 bits per heavy atom. The first-order valence-electron chi connectivity index (χ1n) is 5.47. The Hall–Kier alpha value is -0.821. The summed E-state index contributed by atoms with van der Waals surface area (Å²) in [6, 6.07) is 16.2. The summed E-state index contributed by atoms with van der Waals surface area (Å²) >= 11 is 0. The van der Waals surface area contributed by atoms with Crippen molar-refractivity contribution in [2.75, 3.05) is 0 Å². The molecule has 0 saturated heterocycles. The van der Waals surface area contributed by atoms with E-state index in [0.717, 1.165) is 24.8 Å². The van der Waals surface area contributed by atoms with Gasteiger partial charge < -0.3 is 35.4 Å². The Morgan fingerprint density at radius 1 is 1.19 bits per heavy atom. The quantitative estimate of drug-likeness (QED) is 0.567. The van der Waals surface area contributed by atoms with Gasteiger partial charge in [0.2, 0.25) is 0 Å². The molecule has 0 fully saturated rings. The topological polar surface area (TPSA) is 20.2 Å². The van der Waals surface area contributed by atoms with Crippen molar-refractivity contribution in [2.24, 2.45) is 0 Å². The summed E-state index contributed by atoms with van der Waals surface area (Å²) in [5.41, 5.74) is 2.50. The first-order valence-corrected chi connectivity index (χ1v) is 5.47. The molecule has 0 bridgehead atoms. The van der Waals surface area contributed by atoms with E-state index in [9.17, 15) is 5.11 Å². The Morgan fingerprint density at radius 2 is 1.81 bits per heavy atom. The number of fused-ring (bicyclic) bond motifs is 1. The fourth-order valence-electron chi connectivity index (χ4n) is 1.99. The van der Waals surface area contributed by atoms with Crippen LogP contribution in [0.2, 0.25) is 0 Å². The molecule has 3 rings (SSSR count). The second-order valence-electron chi connectivity index (χ2n) is 3.88. The molecular weight excluding hydrogens is 240 g/mol. The van der Waals surface area contributed by atoms with Gasteiger partial charge in [-0.05, 0) is 12.8 Å². The molecule has 2 aromatic carbocycles. The Labute approximate surface area is 107 Å². The number of rotatable bonds is 0. The van der Waals surface area contributed by atoms with Crippen molar-refractivity contribution in [3.05, 3.63) is 59.7 Å². The van der Waals surface area contributed by atoms with Crippen molar-refractivity contribution in [2.45, 2.75) is 25.4 Å². The average molecular weight is 256 g/mol. The molecule has 2 aromatic rings. The third kappa shape index (κ3) is 3.34. The number of hydrogen-bond acceptors (Lipinski definition) is 1. The zero-order valence-electron chi connectivity index (χ0n) is 9.12. The third-order valence-corrected chi connectivity index (χ3v) is 2.78. The minimum Gasteiger partial charge on any atom is -0.748 e. The zero-order chi connectivity index (χ0) is 10.5. The van der Waals surface area contributed by atoms with E-state index >= 15 is 0 Å². The molecule has 0 amide bonds. The molecule has 1 unspecified atom stereocenters. The molecule has 0 heterocycles. The maximum atomic E-state index is 9.45. The Kier molecular flexibility index (Phi) is 5.54. The first kappa shape index (κ1) is 13.2. The van der Waals surface area contributed by atoms with Gasteiger partial charge in [-0.2, -0.15) is 11.6 Å². The molecule has 92 valence electrons. The van der Waals surface area contributed by atoms with Crippen LogP contribution in [-0.4, -0.2) is 5.11 Å². The fraction of sp³-hybridized carbons (Fsp3) is 0.286. The molecule has 0 aliphatic heterocycles. The number of aliphatic hydroxyl groups is 1. The van der Waals surface area contributed by atoms with Crippen molar-refractivity contribution in [3.8, 4) is 0 Å². The molecule has 0 aromatic heterocycles. The van der Waals surface area contributed by atoms with Gasteiger partial charge in [0.1, 0.15) is 0 Å². The van der Waals surface area contributed by atoms with Crippen molar-refractivity contribution in [1.29, 1.82) is 0 Å². The van der Waals surface area contributed by atoms with Crippen molar-refractivity contribution < 1.29 is 22.2 Å². The van der Waals surface area contributed by atoms with Crippen LogP contribution in [0.1, 0.15) is 30.1 Å². The molecule has 1 aliphatic rings. The summed E-state index contributed by atoms with van der Waals surface area (Å²) in [5.74, 6) is 0. The minimum absolute atomic E-state index is 0. The number of hydrogen-bond donors (Lipinski definition) is 1. The van der Waals surface area contributed by atoms with Gasteiger partial charge in [-0.1, -0.05) is 6.42 Å². The van der Waals surface area contributed by atoms with Crippen LogP contribution in [0.5, 0.6) is 0 Å². The standard InChI is InChI=1S/C9H11O.C5H5.Fe/c10-9-6-2-4-7-3-1-5-8(7)9;1-2-4-5-3-1;/h1,3,5,9-10H,2,4,6H2;1-5H;/q-1;-5;. The predicted octanol–water partition coefficient (Wildman–Crippen LogP) is 3.18. The van der Waals surface area contributed by atoms with Gasteiger partial charge in [0, 0.05) is 23.2 Å². The van der Waals surface area contributed by atoms with E-state index in [1.807, 2.05) is 42.5 Å². The number of aryl methyl sites for hydroxylation is 1. The van der Waals surface area contributed by atoms with Crippen molar-refractivity contribution >= 4 is 0 Å². The van der Waals surface area contributed by atoms with Crippen LogP contribution in [0.4, 0.5) is 0 Å². The SMILES string of the molecule is OC1CCCc2ccc[c-]21.[Fe].[cH-]1[cH-][cH-][cH-][cH-]1. The fourth-order valence-corrected chi connectivity index (χ4v) is 1.99. The second-order valence-corrected chi connectivity index (χ2v) is 3.88. The molecule has 0 spiro atoms. The van der Waals surface area contributed by atoms with Crippen LogP contribution < -0.4 is 0 Å². The van der Waals surface area contributed by atoms with Crippen LogP contribution >= 0.6 is 0 Å². The summed E-state index contributed by atoms with van der Waals surface area (Å²) in [6.45, 7) is 0. The maximum absolute atomic E-state index is 9.45. The number of aliphatic hydroxyl groups excluding tert-OH is 1. The molecule has 1 aliphatic carbocycles. The Balaban J connectivity index is 0.000000183. The smallest absolute Gasteiger partial charge is 0.0353 e.